The number of ether oxygens (including phenoxy) is 1. The average Bonchev–Trinajstić information content (AvgIpc) is 3.04. The minimum absolute atomic E-state index is 0.0490. The van der Waals surface area contributed by atoms with Crippen molar-refractivity contribution in [3.63, 3.8) is 0 Å². The van der Waals surface area contributed by atoms with Crippen molar-refractivity contribution in [3.05, 3.63) is 57.3 Å². The van der Waals surface area contributed by atoms with Gasteiger partial charge in [-0.15, -0.1) is 11.3 Å². The highest BCUT2D eigenvalue weighted by atomic mass is 32.2. The maximum absolute atomic E-state index is 12.2. The standard InChI is InChI=1S/C17H16N2O4S2/c18-10-13-3-1-2-4-14(13)11-25(21,22)19-16(20)9-15-17-12(5-7-23-15)6-8-24-17/h1-4,6,8,15H,5,7,9,11H2,(H,19,20)/t15-/m1/s1. The lowest BCUT2D eigenvalue weighted by molar-refractivity contribution is -0.122. The molecule has 1 aliphatic heterocycles. The summed E-state index contributed by atoms with van der Waals surface area (Å²) in [7, 11) is -3.88. The van der Waals surface area contributed by atoms with E-state index in [1.165, 1.54) is 11.3 Å². The second-order valence-corrected chi connectivity index (χ2v) is 8.35. The van der Waals surface area contributed by atoms with Crippen molar-refractivity contribution >= 4 is 27.3 Å². The summed E-state index contributed by atoms with van der Waals surface area (Å²) in [6.45, 7) is 0.518. The SMILES string of the molecule is N#Cc1ccccc1CS(=O)(=O)NC(=O)C[C@H]1OCCc2ccsc21. The Morgan fingerprint density at radius 3 is 2.96 bits per heavy atom. The summed E-state index contributed by atoms with van der Waals surface area (Å²) in [5.41, 5.74) is 1.79. The molecule has 0 saturated carbocycles. The van der Waals surface area contributed by atoms with Crippen LogP contribution in [0.1, 0.15) is 34.1 Å². The number of nitriles is 1. The van der Waals surface area contributed by atoms with Gasteiger partial charge in [0, 0.05) is 4.88 Å². The zero-order valence-electron chi connectivity index (χ0n) is 13.3. The molecule has 2 heterocycles. The Balaban J connectivity index is 1.66. The van der Waals surface area contributed by atoms with E-state index in [1.807, 2.05) is 17.5 Å². The molecule has 0 bridgehead atoms. The van der Waals surface area contributed by atoms with Gasteiger partial charge in [-0.05, 0) is 35.1 Å². The molecular weight excluding hydrogens is 360 g/mol. The number of carbonyl (C=O) groups is 1. The Labute approximate surface area is 150 Å². The normalized spacial score (nSPS) is 16.7. The van der Waals surface area contributed by atoms with Crippen LogP contribution in [-0.4, -0.2) is 20.9 Å². The first kappa shape index (κ1) is 17.6. The summed E-state index contributed by atoms with van der Waals surface area (Å²) in [4.78, 5) is 13.2. The minimum atomic E-state index is -3.88. The Morgan fingerprint density at radius 1 is 1.36 bits per heavy atom. The maximum atomic E-state index is 12.2. The molecule has 0 radical (unpaired) electrons. The van der Waals surface area contributed by atoms with Crippen LogP contribution in [-0.2, 0) is 31.7 Å². The largest absolute Gasteiger partial charge is 0.372 e. The van der Waals surface area contributed by atoms with E-state index in [0.29, 0.717) is 12.2 Å². The van der Waals surface area contributed by atoms with Crippen molar-refractivity contribution in [1.82, 2.24) is 4.72 Å². The molecule has 6 nitrogen and oxygen atoms in total. The van der Waals surface area contributed by atoms with Crippen molar-refractivity contribution < 1.29 is 17.9 Å². The van der Waals surface area contributed by atoms with E-state index in [9.17, 15) is 13.2 Å². The van der Waals surface area contributed by atoms with E-state index in [1.54, 1.807) is 24.3 Å². The van der Waals surface area contributed by atoms with E-state index in [4.69, 9.17) is 10.00 Å². The van der Waals surface area contributed by atoms with Crippen LogP contribution in [0.15, 0.2) is 35.7 Å². The fraction of sp³-hybridized carbons (Fsp3) is 0.294. The van der Waals surface area contributed by atoms with Gasteiger partial charge in [0.05, 0.1) is 30.4 Å². The van der Waals surface area contributed by atoms with Crippen LogP contribution in [0.2, 0.25) is 0 Å². The Morgan fingerprint density at radius 2 is 2.16 bits per heavy atom. The Kier molecular flexibility index (Phi) is 5.18. The number of benzene rings is 1. The van der Waals surface area contributed by atoms with Crippen molar-refractivity contribution in [2.24, 2.45) is 0 Å². The van der Waals surface area contributed by atoms with Gasteiger partial charge in [0.1, 0.15) is 6.10 Å². The zero-order chi connectivity index (χ0) is 17.9. The number of sulfonamides is 1. The minimum Gasteiger partial charge on any atom is -0.372 e. The molecule has 1 N–H and O–H groups in total. The van der Waals surface area contributed by atoms with Gasteiger partial charge in [0.25, 0.3) is 0 Å². The number of hydrogen-bond donors (Lipinski definition) is 1. The van der Waals surface area contributed by atoms with E-state index in [2.05, 4.69) is 4.72 Å². The first-order valence-electron chi connectivity index (χ1n) is 7.68. The smallest absolute Gasteiger partial charge is 0.239 e. The van der Waals surface area contributed by atoms with Gasteiger partial charge in [-0.1, -0.05) is 18.2 Å². The van der Waals surface area contributed by atoms with Gasteiger partial charge < -0.3 is 4.74 Å². The predicted molar refractivity (Wildman–Crippen MR) is 93.3 cm³/mol. The van der Waals surface area contributed by atoms with Crippen LogP contribution in [0.5, 0.6) is 0 Å². The van der Waals surface area contributed by atoms with E-state index < -0.39 is 27.8 Å². The molecule has 1 amide bonds. The maximum Gasteiger partial charge on any atom is 0.239 e. The number of nitrogens with one attached hydrogen (secondary N) is 1. The molecule has 2 aromatic rings. The highest BCUT2D eigenvalue weighted by Gasteiger charge is 2.26. The summed E-state index contributed by atoms with van der Waals surface area (Å²) in [5, 5.41) is 11.0. The molecular formula is C17H16N2O4S2. The molecule has 1 aromatic carbocycles. The van der Waals surface area contributed by atoms with E-state index >= 15 is 0 Å². The topological polar surface area (TPSA) is 96.3 Å². The van der Waals surface area contributed by atoms with Crippen molar-refractivity contribution in [1.29, 1.82) is 5.26 Å². The number of nitrogens with zero attached hydrogens (tertiary/aromatic N) is 1. The van der Waals surface area contributed by atoms with E-state index in [0.717, 1.165) is 16.9 Å². The second kappa shape index (κ2) is 7.35. The lowest BCUT2D eigenvalue weighted by atomic mass is 10.1. The van der Waals surface area contributed by atoms with E-state index in [-0.39, 0.29) is 12.0 Å². The predicted octanol–water partition coefficient (Wildman–Crippen LogP) is 2.27. The Hall–Kier alpha value is -2.21. The molecule has 0 aliphatic carbocycles. The highest BCUT2D eigenvalue weighted by molar-refractivity contribution is 7.89. The first-order valence-corrected chi connectivity index (χ1v) is 10.2. The lowest BCUT2D eigenvalue weighted by Gasteiger charge is -2.22. The van der Waals surface area contributed by atoms with Gasteiger partial charge in [-0.3, -0.25) is 9.52 Å². The van der Waals surface area contributed by atoms with Gasteiger partial charge in [-0.2, -0.15) is 5.26 Å². The highest BCUT2D eigenvalue weighted by Crippen LogP contribution is 2.33. The summed E-state index contributed by atoms with van der Waals surface area (Å²) in [6.07, 6.45) is 0.345. The quantitative estimate of drug-likeness (QED) is 0.863. The number of fused-ring (bicyclic) bond motifs is 1. The summed E-state index contributed by atoms with van der Waals surface area (Å²) < 4.78 is 32.2. The Bertz CT molecular complexity index is 928. The first-order chi connectivity index (χ1) is 12.0. The third-order valence-corrected chi connectivity index (χ3v) is 6.17. The molecule has 0 unspecified atom stereocenters. The summed E-state index contributed by atoms with van der Waals surface area (Å²) >= 11 is 1.51. The van der Waals surface area contributed by atoms with Crippen molar-refractivity contribution in [2.75, 3.05) is 6.61 Å². The molecule has 1 aromatic heterocycles. The van der Waals surface area contributed by atoms with Crippen molar-refractivity contribution in [2.45, 2.75) is 24.7 Å². The van der Waals surface area contributed by atoms with Gasteiger partial charge in [0.15, 0.2) is 0 Å². The van der Waals surface area contributed by atoms with Gasteiger partial charge in [0.2, 0.25) is 15.9 Å². The molecule has 25 heavy (non-hydrogen) atoms. The number of hydrogen-bond acceptors (Lipinski definition) is 6. The van der Waals surface area contributed by atoms with Crippen LogP contribution in [0, 0.1) is 11.3 Å². The molecule has 1 aliphatic rings. The fourth-order valence-corrected chi connectivity index (χ4v) is 4.92. The molecule has 0 fully saturated rings. The van der Waals surface area contributed by atoms with Crippen molar-refractivity contribution in [3.8, 4) is 6.07 Å². The third kappa shape index (κ3) is 4.25. The molecule has 1 atom stereocenters. The number of amides is 1. The number of thiophene rings is 1. The number of rotatable bonds is 5. The molecule has 130 valence electrons. The van der Waals surface area contributed by atoms with Crippen LogP contribution in [0.3, 0.4) is 0 Å². The molecule has 8 heteroatoms. The molecule has 3 rings (SSSR count). The van der Waals surface area contributed by atoms with Crippen LogP contribution < -0.4 is 4.72 Å². The fourth-order valence-electron chi connectivity index (χ4n) is 2.75. The second-order valence-electron chi connectivity index (χ2n) is 5.68. The zero-order valence-corrected chi connectivity index (χ0v) is 14.9. The van der Waals surface area contributed by atoms with Gasteiger partial charge in [-0.25, -0.2) is 8.42 Å². The average molecular weight is 376 g/mol. The number of carbonyl (C=O) groups excluding carboxylic acids is 1. The molecule has 0 spiro atoms. The lowest BCUT2D eigenvalue weighted by Crippen LogP contribution is -2.33. The molecule has 0 saturated heterocycles. The third-order valence-electron chi connectivity index (χ3n) is 3.89. The van der Waals surface area contributed by atoms with Crippen LogP contribution in [0.25, 0.3) is 0 Å². The van der Waals surface area contributed by atoms with Gasteiger partial charge >= 0.3 is 0 Å². The van der Waals surface area contributed by atoms with Crippen LogP contribution in [0.4, 0.5) is 0 Å². The summed E-state index contributed by atoms with van der Waals surface area (Å²) in [6, 6.07) is 10.4. The summed E-state index contributed by atoms with van der Waals surface area (Å²) in [5.74, 6) is -1.03. The van der Waals surface area contributed by atoms with Crippen LogP contribution >= 0.6 is 11.3 Å². The monoisotopic (exact) mass is 376 g/mol.